The normalized spacial score (nSPS) is 10.2. The van der Waals surface area contributed by atoms with Crippen LogP contribution in [0.4, 0.5) is 0 Å². The Morgan fingerprint density at radius 3 is 2.45 bits per heavy atom. The van der Waals surface area contributed by atoms with Crippen molar-refractivity contribution in [3.8, 4) is 17.2 Å². The Bertz CT molecular complexity index is 650. The molecule has 0 saturated heterocycles. The van der Waals surface area contributed by atoms with Crippen molar-refractivity contribution in [2.45, 2.75) is 13.8 Å². The first-order chi connectivity index (χ1) is 9.51. The molecule has 0 aromatic heterocycles. The standard InChI is InChI=1S/C16H15ClO3/c1-10-4-7-15(16(8-10)19-3)20-12-5-6-13(11(2)18)14(17)9-12/h4-9H,1-3H3. The first-order valence-electron chi connectivity index (χ1n) is 6.14. The predicted molar refractivity (Wildman–Crippen MR) is 79.3 cm³/mol. The second kappa shape index (κ2) is 5.97. The number of carbonyl (C=O) groups is 1. The molecule has 0 fully saturated rings. The number of carbonyl (C=O) groups excluding carboxylic acids is 1. The fourth-order valence-electron chi connectivity index (χ4n) is 1.83. The topological polar surface area (TPSA) is 35.5 Å². The lowest BCUT2D eigenvalue weighted by Gasteiger charge is -2.11. The summed E-state index contributed by atoms with van der Waals surface area (Å²) < 4.78 is 11.0. The first-order valence-corrected chi connectivity index (χ1v) is 6.52. The maximum absolute atomic E-state index is 11.3. The average molecular weight is 291 g/mol. The number of ether oxygens (including phenoxy) is 2. The van der Waals surface area contributed by atoms with E-state index in [9.17, 15) is 4.79 Å². The van der Waals surface area contributed by atoms with Gasteiger partial charge in [0.25, 0.3) is 0 Å². The number of hydrogen-bond donors (Lipinski definition) is 0. The van der Waals surface area contributed by atoms with E-state index in [0.29, 0.717) is 27.8 Å². The molecule has 0 saturated carbocycles. The van der Waals surface area contributed by atoms with Crippen molar-refractivity contribution in [2.24, 2.45) is 0 Å². The van der Waals surface area contributed by atoms with Crippen LogP contribution >= 0.6 is 11.6 Å². The molecule has 20 heavy (non-hydrogen) atoms. The van der Waals surface area contributed by atoms with E-state index in [1.54, 1.807) is 25.3 Å². The van der Waals surface area contributed by atoms with Crippen molar-refractivity contribution in [1.29, 1.82) is 0 Å². The summed E-state index contributed by atoms with van der Waals surface area (Å²) in [5.74, 6) is 1.73. The molecule has 0 bridgehead atoms. The Hall–Kier alpha value is -2.00. The number of Topliss-reactive ketones (excluding diaryl/α,β-unsaturated/α-hetero) is 1. The van der Waals surface area contributed by atoms with Crippen LogP contribution in [0.1, 0.15) is 22.8 Å². The molecular weight excluding hydrogens is 276 g/mol. The molecule has 2 aromatic rings. The highest BCUT2D eigenvalue weighted by atomic mass is 35.5. The van der Waals surface area contributed by atoms with Crippen LogP contribution in [0.3, 0.4) is 0 Å². The van der Waals surface area contributed by atoms with Gasteiger partial charge in [-0.2, -0.15) is 0 Å². The Morgan fingerprint density at radius 1 is 1.10 bits per heavy atom. The molecule has 0 aliphatic rings. The number of benzene rings is 2. The summed E-state index contributed by atoms with van der Waals surface area (Å²) >= 11 is 6.06. The maximum Gasteiger partial charge on any atom is 0.169 e. The first kappa shape index (κ1) is 14.4. The van der Waals surface area contributed by atoms with Crippen molar-refractivity contribution in [1.82, 2.24) is 0 Å². The number of ketones is 1. The quantitative estimate of drug-likeness (QED) is 0.769. The van der Waals surface area contributed by atoms with Crippen LogP contribution in [0.5, 0.6) is 17.2 Å². The van der Waals surface area contributed by atoms with E-state index in [4.69, 9.17) is 21.1 Å². The van der Waals surface area contributed by atoms with Gasteiger partial charge in [0, 0.05) is 11.6 Å². The zero-order valence-corrected chi connectivity index (χ0v) is 12.3. The minimum Gasteiger partial charge on any atom is -0.493 e. The number of hydrogen-bond acceptors (Lipinski definition) is 3. The van der Waals surface area contributed by atoms with Gasteiger partial charge in [0.2, 0.25) is 0 Å². The molecule has 0 aliphatic heterocycles. The fraction of sp³-hybridized carbons (Fsp3) is 0.188. The van der Waals surface area contributed by atoms with E-state index in [-0.39, 0.29) is 5.78 Å². The van der Waals surface area contributed by atoms with Gasteiger partial charge in [-0.3, -0.25) is 4.79 Å². The minimum absolute atomic E-state index is 0.0746. The van der Waals surface area contributed by atoms with Gasteiger partial charge in [0.05, 0.1) is 12.1 Å². The van der Waals surface area contributed by atoms with Gasteiger partial charge in [-0.05, 0) is 43.7 Å². The lowest BCUT2D eigenvalue weighted by atomic mass is 10.1. The Kier molecular flexibility index (Phi) is 4.30. The minimum atomic E-state index is -0.0746. The Labute approximate surface area is 123 Å². The van der Waals surface area contributed by atoms with Crippen LogP contribution < -0.4 is 9.47 Å². The summed E-state index contributed by atoms with van der Waals surface area (Å²) in [7, 11) is 1.59. The zero-order valence-electron chi connectivity index (χ0n) is 11.6. The Morgan fingerprint density at radius 2 is 1.85 bits per heavy atom. The van der Waals surface area contributed by atoms with Gasteiger partial charge in [-0.1, -0.05) is 17.7 Å². The summed E-state index contributed by atoms with van der Waals surface area (Å²) in [6.45, 7) is 3.45. The molecular formula is C16H15ClO3. The molecule has 0 atom stereocenters. The number of halogens is 1. The number of aryl methyl sites for hydroxylation is 1. The van der Waals surface area contributed by atoms with E-state index >= 15 is 0 Å². The van der Waals surface area contributed by atoms with E-state index < -0.39 is 0 Å². The van der Waals surface area contributed by atoms with Crippen LogP contribution in [-0.2, 0) is 0 Å². The fourth-order valence-corrected chi connectivity index (χ4v) is 2.13. The van der Waals surface area contributed by atoms with E-state index in [0.717, 1.165) is 5.56 Å². The van der Waals surface area contributed by atoms with E-state index in [1.165, 1.54) is 6.92 Å². The van der Waals surface area contributed by atoms with Crippen molar-refractivity contribution in [2.75, 3.05) is 7.11 Å². The molecule has 3 nitrogen and oxygen atoms in total. The second-order valence-electron chi connectivity index (χ2n) is 4.45. The highest BCUT2D eigenvalue weighted by molar-refractivity contribution is 6.34. The summed E-state index contributed by atoms with van der Waals surface area (Å²) in [5.41, 5.74) is 1.56. The average Bonchev–Trinajstić information content (AvgIpc) is 2.40. The molecule has 0 aliphatic carbocycles. The smallest absolute Gasteiger partial charge is 0.169 e. The number of rotatable bonds is 4. The summed E-state index contributed by atoms with van der Waals surface area (Å²) in [6, 6.07) is 10.6. The molecule has 0 spiro atoms. The van der Waals surface area contributed by atoms with Crippen LogP contribution in [0.2, 0.25) is 5.02 Å². The maximum atomic E-state index is 11.3. The molecule has 0 heterocycles. The molecule has 0 amide bonds. The third-order valence-corrected chi connectivity index (χ3v) is 3.18. The zero-order chi connectivity index (χ0) is 14.7. The van der Waals surface area contributed by atoms with Gasteiger partial charge in [0.15, 0.2) is 17.3 Å². The third kappa shape index (κ3) is 3.11. The summed E-state index contributed by atoms with van der Waals surface area (Å²) in [5, 5.41) is 0.376. The van der Waals surface area contributed by atoms with Gasteiger partial charge >= 0.3 is 0 Å². The molecule has 2 aromatic carbocycles. The van der Waals surface area contributed by atoms with Crippen molar-refractivity contribution in [3.63, 3.8) is 0 Å². The largest absolute Gasteiger partial charge is 0.493 e. The van der Waals surface area contributed by atoms with E-state index in [2.05, 4.69) is 0 Å². The van der Waals surface area contributed by atoms with Crippen molar-refractivity contribution >= 4 is 17.4 Å². The summed E-state index contributed by atoms with van der Waals surface area (Å²) in [4.78, 5) is 11.3. The van der Waals surface area contributed by atoms with E-state index in [1.807, 2.05) is 25.1 Å². The van der Waals surface area contributed by atoms with Crippen molar-refractivity contribution in [3.05, 3.63) is 52.5 Å². The number of methoxy groups -OCH3 is 1. The summed E-state index contributed by atoms with van der Waals surface area (Å²) in [6.07, 6.45) is 0. The third-order valence-electron chi connectivity index (χ3n) is 2.87. The van der Waals surface area contributed by atoms with Gasteiger partial charge < -0.3 is 9.47 Å². The highest BCUT2D eigenvalue weighted by Crippen LogP contribution is 2.33. The molecule has 104 valence electrons. The van der Waals surface area contributed by atoms with Crippen molar-refractivity contribution < 1.29 is 14.3 Å². The van der Waals surface area contributed by atoms with Crippen LogP contribution in [0.15, 0.2) is 36.4 Å². The molecule has 0 radical (unpaired) electrons. The van der Waals surface area contributed by atoms with Crippen LogP contribution in [0.25, 0.3) is 0 Å². The van der Waals surface area contributed by atoms with Gasteiger partial charge in [0.1, 0.15) is 5.75 Å². The lowest BCUT2D eigenvalue weighted by molar-refractivity contribution is 0.101. The molecule has 0 unspecified atom stereocenters. The lowest BCUT2D eigenvalue weighted by Crippen LogP contribution is -1.95. The Balaban J connectivity index is 2.31. The van der Waals surface area contributed by atoms with Gasteiger partial charge in [-0.15, -0.1) is 0 Å². The van der Waals surface area contributed by atoms with Gasteiger partial charge in [-0.25, -0.2) is 0 Å². The highest BCUT2D eigenvalue weighted by Gasteiger charge is 2.09. The SMILES string of the molecule is COc1cc(C)ccc1Oc1ccc(C(C)=O)c(Cl)c1. The molecule has 4 heteroatoms. The second-order valence-corrected chi connectivity index (χ2v) is 4.86. The van der Waals surface area contributed by atoms with Crippen LogP contribution in [-0.4, -0.2) is 12.9 Å². The van der Waals surface area contributed by atoms with Crippen LogP contribution in [0, 0.1) is 6.92 Å². The predicted octanol–water partition coefficient (Wildman–Crippen LogP) is 4.65. The molecule has 0 N–H and O–H groups in total. The monoisotopic (exact) mass is 290 g/mol. The molecule has 2 rings (SSSR count).